The molecule has 0 unspecified atom stereocenters. The van der Waals surface area contributed by atoms with E-state index in [1.54, 1.807) is 25.3 Å². The van der Waals surface area contributed by atoms with Gasteiger partial charge in [-0.3, -0.25) is 9.36 Å². The van der Waals surface area contributed by atoms with Crippen LogP contribution in [-0.2, 0) is 11.4 Å². The van der Waals surface area contributed by atoms with E-state index in [-0.39, 0.29) is 25.1 Å². The summed E-state index contributed by atoms with van der Waals surface area (Å²) in [5.74, 6) is 3.31. The van der Waals surface area contributed by atoms with Crippen LogP contribution in [0.5, 0.6) is 23.0 Å². The number of hydrogen-bond donors (Lipinski definition) is 1. The van der Waals surface area contributed by atoms with E-state index in [1.807, 2.05) is 59.2 Å². The number of thioether (sulfide) groups is 1. The van der Waals surface area contributed by atoms with Crippen molar-refractivity contribution in [1.82, 2.24) is 14.8 Å². The Bertz CT molecular complexity index is 1310. The molecule has 9 nitrogen and oxygen atoms in total. The first kappa shape index (κ1) is 22.6. The highest BCUT2D eigenvalue weighted by Gasteiger charge is 2.18. The summed E-state index contributed by atoms with van der Waals surface area (Å²) >= 11 is 1.28. The van der Waals surface area contributed by atoms with E-state index in [1.165, 1.54) is 11.8 Å². The van der Waals surface area contributed by atoms with Crippen LogP contribution in [0.1, 0.15) is 5.82 Å². The molecule has 1 N–H and O–H groups in total. The molecule has 0 radical (unpaired) electrons. The highest BCUT2D eigenvalue weighted by atomic mass is 32.2. The molecule has 0 aliphatic carbocycles. The van der Waals surface area contributed by atoms with Crippen LogP contribution in [0.4, 0.5) is 5.69 Å². The maximum Gasteiger partial charge on any atom is 0.234 e. The molecule has 1 aromatic heterocycles. The SMILES string of the molecule is COc1ccc(-n2c(COc3ccccc3)nnc2SCC(=O)Nc2ccc3c(c2)OCO3)cc1. The second-order valence-electron chi connectivity index (χ2n) is 7.44. The first-order valence-electron chi connectivity index (χ1n) is 10.8. The smallest absolute Gasteiger partial charge is 0.234 e. The van der Waals surface area contributed by atoms with Gasteiger partial charge in [-0.25, -0.2) is 0 Å². The molecule has 0 saturated carbocycles. The lowest BCUT2D eigenvalue weighted by molar-refractivity contribution is -0.113. The van der Waals surface area contributed by atoms with Crippen molar-refractivity contribution < 1.29 is 23.7 Å². The number of carbonyl (C=O) groups excluding carboxylic acids is 1. The first-order valence-corrected chi connectivity index (χ1v) is 11.8. The molecule has 1 aliphatic heterocycles. The summed E-state index contributed by atoms with van der Waals surface area (Å²) in [6.45, 7) is 0.396. The first-order chi connectivity index (χ1) is 17.2. The Hall–Kier alpha value is -4.18. The number of hydrogen-bond acceptors (Lipinski definition) is 8. The summed E-state index contributed by atoms with van der Waals surface area (Å²) in [5, 5.41) is 12.1. The molecule has 35 heavy (non-hydrogen) atoms. The van der Waals surface area contributed by atoms with E-state index >= 15 is 0 Å². The summed E-state index contributed by atoms with van der Waals surface area (Å²) in [7, 11) is 1.62. The minimum absolute atomic E-state index is 0.141. The zero-order chi connectivity index (χ0) is 24.0. The van der Waals surface area contributed by atoms with Crippen LogP contribution in [0.3, 0.4) is 0 Å². The van der Waals surface area contributed by atoms with Crippen molar-refractivity contribution in [2.75, 3.05) is 25.0 Å². The number of nitrogens with one attached hydrogen (secondary N) is 1. The van der Waals surface area contributed by atoms with Gasteiger partial charge in [-0.2, -0.15) is 0 Å². The Kier molecular flexibility index (Phi) is 6.71. The van der Waals surface area contributed by atoms with E-state index in [9.17, 15) is 4.79 Å². The number of amides is 1. The van der Waals surface area contributed by atoms with Crippen molar-refractivity contribution in [3.8, 4) is 28.7 Å². The molecule has 4 aromatic rings. The lowest BCUT2D eigenvalue weighted by Gasteiger charge is -2.12. The van der Waals surface area contributed by atoms with E-state index in [2.05, 4.69) is 15.5 Å². The summed E-state index contributed by atoms with van der Waals surface area (Å²) in [6, 6.07) is 22.3. The van der Waals surface area contributed by atoms with Gasteiger partial charge in [0.25, 0.3) is 0 Å². The molecule has 0 atom stereocenters. The predicted octanol–water partition coefficient (Wildman–Crippen LogP) is 4.31. The Morgan fingerprint density at radius 3 is 2.60 bits per heavy atom. The van der Waals surface area contributed by atoms with Crippen LogP contribution in [-0.4, -0.2) is 40.3 Å². The summed E-state index contributed by atoms with van der Waals surface area (Å²) in [6.07, 6.45) is 0. The summed E-state index contributed by atoms with van der Waals surface area (Å²) in [5.41, 5.74) is 1.47. The Morgan fingerprint density at radius 1 is 1.00 bits per heavy atom. The molecule has 1 aliphatic rings. The lowest BCUT2D eigenvalue weighted by atomic mass is 10.3. The standard InChI is InChI=1S/C25H22N4O5S/c1-31-19-10-8-18(9-11-19)29-23(14-32-20-5-3-2-4-6-20)27-28-25(29)35-15-24(30)26-17-7-12-21-22(13-17)34-16-33-21/h2-13H,14-16H2,1H3,(H,26,30). The number of carbonyl (C=O) groups is 1. The van der Waals surface area contributed by atoms with Gasteiger partial charge in [0, 0.05) is 17.4 Å². The fraction of sp³-hybridized carbons (Fsp3) is 0.160. The average molecular weight is 491 g/mol. The molecule has 2 heterocycles. The van der Waals surface area contributed by atoms with Gasteiger partial charge in [-0.1, -0.05) is 30.0 Å². The fourth-order valence-electron chi connectivity index (χ4n) is 3.44. The third kappa shape index (κ3) is 5.33. The molecule has 0 saturated heterocycles. The fourth-order valence-corrected chi connectivity index (χ4v) is 4.21. The number of nitrogens with zero attached hydrogens (tertiary/aromatic N) is 3. The van der Waals surface area contributed by atoms with Crippen molar-refractivity contribution >= 4 is 23.4 Å². The monoisotopic (exact) mass is 490 g/mol. The number of methoxy groups -OCH3 is 1. The number of anilines is 1. The molecule has 0 spiro atoms. The van der Waals surface area contributed by atoms with E-state index < -0.39 is 0 Å². The Balaban J connectivity index is 1.31. The lowest BCUT2D eigenvalue weighted by Crippen LogP contribution is -2.14. The van der Waals surface area contributed by atoms with E-state index in [0.717, 1.165) is 17.2 Å². The minimum Gasteiger partial charge on any atom is -0.497 e. The summed E-state index contributed by atoms with van der Waals surface area (Å²) in [4.78, 5) is 12.6. The Labute approximate surface area is 206 Å². The summed E-state index contributed by atoms with van der Waals surface area (Å²) < 4.78 is 23.7. The molecule has 3 aromatic carbocycles. The van der Waals surface area contributed by atoms with Gasteiger partial charge in [-0.15, -0.1) is 10.2 Å². The predicted molar refractivity (Wildman–Crippen MR) is 131 cm³/mol. The number of aromatic nitrogens is 3. The highest BCUT2D eigenvalue weighted by molar-refractivity contribution is 7.99. The number of fused-ring (bicyclic) bond motifs is 1. The van der Waals surface area contributed by atoms with Crippen LogP contribution >= 0.6 is 11.8 Å². The van der Waals surface area contributed by atoms with Gasteiger partial charge in [0.05, 0.1) is 12.9 Å². The second-order valence-corrected chi connectivity index (χ2v) is 8.38. The van der Waals surface area contributed by atoms with Crippen LogP contribution in [0.15, 0.2) is 78.0 Å². The van der Waals surface area contributed by atoms with Gasteiger partial charge in [0.2, 0.25) is 12.7 Å². The zero-order valence-electron chi connectivity index (χ0n) is 18.8. The van der Waals surface area contributed by atoms with Gasteiger partial charge in [0.1, 0.15) is 18.1 Å². The molecule has 5 rings (SSSR count). The van der Waals surface area contributed by atoms with Crippen molar-refractivity contribution in [2.45, 2.75) is 11.8 Å². The molecular weight excluding hydrogens is 468 g/mol. The number of ether oxygens (including phenoxy) is 4. The highest BCUT2D eigenvalue weighted by Crippen LogP contribution is 2.34. The Morgan fingerprint density at radius 2 is 1.80 bits per heavy atom. The number of benzene rings is 3. The second kappa shape index (κ2) is 10.4. The molecule has 0 bridgehead atoms. The number of rotatable bonds is 9. The number of para-hydroxylation sites is 1. The normalized spacial score (nSPS) is 11.8. The van der Waals surface area contributed by atoms with E-state index in [0.29, 0.717) is 28.2 Å². The van der Waals surface area contributed by atoms with Crippen molar-refractivity contribution in [3.63, 3.8) is 0 Å². The average Bonchev–Trinajstić information content (AvgIpc) is 3.53. The van der Waals surface area contributed by atoms with E-state index in [4.69, 9.17) is 18.9 Å². The van der Waals surface area contributed by atoms with Crippen LogP contribution in [0.25, 0.3) is 5.69 Å². The maximum atomic E-state index is 12.6. The topological polar surface area (TPSA) is 96.7 Å². The maximum absolute atomic E-state index is 12.6. The quantitative estimate of drug-likeness (QED) is 0.347. The molecular formula is C25H22N4O5S. The minimum atomic E-state index is -0.180. The van der Waals surface area contributed by atoms with Gasteiger partial charge < -0.3 is 24.3 Å². The molecule has 10 heteroatoms. The molecule has 0 fully saturated rings. The van der Waals surface area contributed by atoms with Crippen LogP contribution in [0.2, 0.25) is 0 Å². The van der Waals surface area contributed by atoms with Crippen molar-refractivity contribution in [2.24, 2.45) is 0 Å². The third-order valence-electron chi connectivity index (χ3n) is 5.13. The van der Waals surface area contributed by atoms with Gasteiger partial charge in [0.15, 0.2) is 22.5 Å². The van der Waals surface area contributed by atoms with Crippen molar-refractivity contribution in [3.05, 3.63) is 78.6 Å². The van der Waals surface area contributed by atoms with Crippen LogP contribution in [0, 0.1) is 0 Å². The van der Waals surface area contributed by atoms with Crippen molar-refractivity contribution in [1.29, 1.82) is 0 Å². The van der Waals surface area contributed by atoms with Gasteiger partial charge in [-0.05, 0) is 48.5 Å². The third-order valence-corrected chi connectivity index (χ3v) is 6.06. The van der Waals surface area contributed by atoms with Crippen LogP contribution < -0.4 is 24.3 Å². The van der Waals surface area contributed by atoms with Gasteiger partial charge >= 0.3 is 0 Å². The zero-order valence-corrected chi connectivity index (χ0v) is 19.7. The molecule has 1 amide bonds. The largest absolute Gasteiger partial charge is 0.497 e. The molecule has 178 valence electrons.